The third-order valence-electron chi connectivity index (χ3n) is 4.77. The van der Waals surface area contributed by atoms with Crippen LogP contribution in [0, 0.1) is 0 Å². The molecule has 0 bridgehead atoms. The van der Waals surface area contributed by atoms with Crippen molar-refractivity contribution in [3.8, 4) is 0 Å². The first-order valence-corrected chi connectivity index (χ1v) is 9.68. The van der Waals surface area contributed by atoms with Crippen molar-refractivity contribution >= 4 is 29.5 Å². The first-order chi connectivity index (χ1) is 14.5. The third-order valence-corrected chi connectivity index (χ3v) is 4.77. The zero-order valence-corrected chi connectivity index (χ0v) is 16.6. The van der Waals surface area contributed by atoms with Gasteiger partial charge in [0.15, 0.2) is 0 Å². The Balaban J connectivity index is 1.75. The van der Waals surface area contributed by atoms with Crippen LogP contribution in [0.25, 0.3) is 0 Å². The molecule has 2 aromatic rings. The number of ether oxygens (including phenoxy) is 1. The van der Waals surface area contributed by atoms with Gasteiger partial charge in [0.25, 0.3) is 5.91 Å². The number of carbonyl (C=O) groups excluding carboxylic acids is 4. The monoisotopic (exact) mass is 409 g/mol. The number of hydrogen-bond donors (Lipinski definition) is 2. The molecule has 1 fully saturated rings. The van der Waals surface area contributed by atoms with Crippen molar-refractivity contribution in [3.63, 3.8) is 0 Å². The number of imide groups is 1. The maximum Gasteiger partial charge on any atom is 0.339 e. The molecule has 1 aliphatic rings. The molecule has 2 aromatic carbocycles. The summed E-state index contributed by atoms with van der Waals surface area (Å²) < 4.78 is 5.42. The average molecular weight is 409 g/mol. The molecular weight excluding hydrogens is 386 g/mol. The van der Waals surface area contributed by atoms with Crippen molar-refractivity contribution in [2.45, 2.75) is 25.4 Å². The third kappa shape index (κ3) is 5.02. The Morgan fingerprint density at radius 1 is 1.00 bits per heavy atom. The van der Waals surface area contributed by atoms with Crippen LogP contribution in [0.3, 0.4) is 0 Å². The molecule has 3 rings (SSSR count). The maximum atomic E-state index is 12.7. The summed E-state index contributed by atoms with van der Waals surface area (Å²) in [7, 11) is 1.38. The molecule has 1 saturated heterocycles. The van der Waals surface area contributed by atoms with Gasteiger partial charge < -0.3 is 15.0 Å². The van der Waals surface area contributed by atoms with Crippen LogP contribution in [0.5, 0.6) is 0 Å². The number of rotatable bonds is 5. The van der Waals surface area contributed by atoms with Crippen molar-refractivity contribution in [1.82, 2.24) is 10.6 Å². The van der Waals surface area contributed by atoms with Gasteiger partial charge in [0, 0.05) is 31.3 Å². The van der Waals surface area contributed by atoms with Gasteiger partial charge >= 0.3 is 12.0 Å². The molecule has 8 nitrogen and oxygen atoms in total. The second-order valence-corrected chi connectivity index (χ2v) is 6.81. The topological polar surface area (TPSA) is 105 Å². The zero-order chi connectivity index (χ0) is 21.5. The molecule has 0 aromatic heterocycles. The van der Waals surface area contributed by atoms with Gasteiger partial charge in [-0.05, 0) is 37.1 Å². The number of amides is 4. The number of nitrogens with one attached hydrogen (secondary N) is 2. The van der Waals surface area contributed by atoms with Crippen molar-refractivity contribution in [2.24, 2.45) is 0 Å². The van der Waals surface area contributed by atoms with E-state index in [4.69, 9.17) is 4.74 Å². The smallest absolute Gasteiger partial charge is 0.339 e. The minimum absolute atomic E-state index is 0.0617. The van der Waals surface area contributed by atoms with Crippen LogP contribution in [-0.4, -0.2) is 37.4 Å². The van der Waals surface area contributed by atoms with E-state index in [2.05, 4.69) is 10.6 Å². The Morgan fingerprint density at radius 3 is 2.33 bits per heavy atom. The Bertz CT molecular complexity index is 928. The van der Waals surface area contributed by atoms with E-state index < -0.39 is 24.0 Å². The largest absolute Gasteiger partial charge is 0.444 e. The fourth-order valence-electron chi connectivity index (χ4n) is 3.17. The number of carbonyl (C=O) groups is 4. The minimum atomic E-state index is -1.29. The van der Waals surface area contributed by atoms with Gasteiger partial charge in [-0.3, -0.25) is 14.9 Å². The second kappa shape index (κ2) is 9.69. The lowest BCUT2D eigenvalue weighted by Crippen LogP contribution is -2.41. The van der Waals surface area contributed by atoms with Crippen LogP contribution >= 0.6 is 0 Å². The fraction of sp³-hybridized carbons (Fsp3) is 0.273. The number of urea groups is 1. The van der Waals surface area contributed by atoms with Crippen molar-refractivity contribution in [2.75, 3.05) is 18.5 Å². The Morgan fingerprint density at radius 2 is 1.70 bits per heavy atom. The van der Waals surface area contributed by atoms with Gasteiger partial charge in [0.2, 0.25) is 12.0 Å². The van der Waals surface area contributed by atoms with Gasteiger partial charge in [-0.25, -0.2) is 9.59 Å². The number of piperidine rings is 1. The summed E-state index contributed by atoms with van der Waals surface area (Å²) in [4.78, 5) is 50.4. The maximum absolute atomic E-state index is 12.7. The van der Waals surface area contributed by atoms with Gasteiger partial charge in [-0.2, -0.15) is 0 Å². The summed E-state index contributed by atoms with van der Waals surface area (Å²) in [6.45, 7) is 0.651. The van der Waals surface area contributed by atoms with Crippen molar-refractivity contribution < 1.29 is 23.9 Å². The van der Waals surface area contributed by atoms with Crippen LogP contribution in [0.2, 0.25) is 0 Å². The minimum Gasteiger partial charge on any atom is -0.444 e. The summed E-state index contributed by atoms with van der Waals surface area (Å²) in [5, 5.41) is 4.42. The van der Waals surface area contributed by atoms with Crippen LogP contribution in [-0.2, 0) is 14.3 Å². The summed E-state index contributed by atoms with van der Waals surface area (Å²) in [5.74, 6) is -1.41. The van der Waals surface area contributed by atoms with Crippen LogP contribution < -0.4 is 15.5 Å². The molecule has 30 heavy (non-hydrogen) atoms. The van der Waals surface area contributed by atoms with Gasteiger partial charge in [0.05, 0.1) is 5.56 Å². The molecule has 156 valence electrons. The number of benzene rings is 2. The van der Waals surface area contributed by atoms with E-state index in [1.165, 1.54) is 7.05 Å². The molecular formula is C22H23N3O5. The Hall–Kier alpha value is -3.68. The lowest BCUT2D eigenvalue weighted by Gasteiger charge is -2.26. The molecule has 1 unspecified atom stereocenters. The quantitative estimate of drug-likeness (QED) is 0.739. The Kier molecular flexibility index (Phi) is 6.79. The molecule has 0 aliphatic carbocycles. The highest BCUT2D eigenvalue weighted by Crippen LogP contribution is 2.23. The van der Waals surface area contributed by atoms with E-state index in [9.17, 15) is 19.2 Å². The van der Waals surface area contributed by atoms with E-state index >= 15 is 0 Å². The number of anilines is 1. The van der Waals surface area contributed by atoms with Gasteiger partial charge in [-0.1, -0.05) is 30.3 Å². The fourth-order valence-corrected chi connectivity index (χ4v) is 3.17. The molecule has 0 radical (unpaired) electrons. The standard InChI is InChI=1S/C22H23N3O5/c1-23-22(29)24-20(27)19(15-7-3-2-4-8-15)30-21(28)16-10-12-17(13-11-16)25-14-6-5-9-18(25)26/h2-4,7-8,10-13,19H,5-6,9,14H2,1H3,(H2,23,24,27,29). The SMILES string of the molecule is CNC(=O)NC(=O)C(OC(=O)c1ccc(N2CCCCC2=O)cc1)c1ccccc1. The molecule has 1 atom stereocenters. The van der Waals surface area contributed by atoms with E-state index in [1.807, 2.05) is 0 Å². The number of esters is 1. The second-order valence-electron chi connectivity index (χ2n) is 6.81. The molecule has 1 heterocycles. The summed E-state index contributed by atoms with van der Waals surface area (Å²) in [5.41, 5.74) is 1.38. The highest BCUT2D eigenvalue weighted by atomic mass is 16.5. The first kappa shape index (κ1) is 21.0. The summed E-state index contributed by atoms with van der Waals surface area (Å²) >= 11 is 0. The number of hydrogen-bond acceptors (Lipinski definition) is 5. The van der Waals surface area contributed by atoms with E-state index in [1.54, 1.807) is 59.5 Å². The first-order valence-electron chi connectivity index (χ1n) is 9.68. The molecule has 4 amide bonds. The average Bonchev–Trinajstić information content (AvgIpc) is 2.78. The van der Waals surface area contributed by atoms with Crippen LogP contribution in [0.1, 0.15) is 41.3 Å². The summed E-state index contributed by atoms with van der Waals surface area (Å²) in [6, 6.07) is 14.2. The molecule has 0 spiro atoms. The van der Waals surface area contributed by atoms with Crippen molar-refractivity contribution in [1.29, 1.82) is 0 Å². The molecule has 8 heteroatoms. The van der Waals surface area contributed by atoms with Crippen LogP contribution in [0.4, 0.5) is 10.5 Å². The lowest BCUT2D eigenvalue weighted by atomic mass is 10.1. The lowest BCUT2D eigenvalue weighted by molar-refractivity contribution is -0.129. The highest BCUT2D eigenvalue weighted by molar-refractivity contribution is 5.99. The predicted molar refractivity (Wildman–Crippen MR) is 110 cm³/mol. The normalized spacial score (nSPS) is 14.6. The number of nitrogens with zero attached hydrogens (tertiary/aromatic N) is 1. The van der Waals surface area contributed by atoms with Crippen molar-refractivity contribution in [3.05, 3.63) is 65.7 Å². The molecule has 1 aliphatic heterocycles. The summed E-state index contributed by atoms with van der Waals surface area (Å²) in [6.07, 6.45) is 1.05. The van der Waals surface area contributed by atoms with E-state index in [0.29, 0.717) is 24.2 Å². The highest BCUT2D eigenvalue weighted by Gasteiger charge is 2.27. The van der Waals surface area contributed by atoms with E-state index in [0.717, 1.165) is 12.8 Å². The van der Waals surface area contributed by atoms with Gasteiger partial charge in [-0.15, -0.1) is 0 Å². The Labute approximate surface area is 174 Å². The van der Waals surface area contributed by atoms with Crippen LogP contribution in [0.15, 0.2) is 54.6 Å². The van der Waals surface area contributed by atoms with Gasteiger partial charge in [0.1, 0.15) is 0 Å². The molecule has 0 saturated carbocycles. The van der Waals surface area contributed by atoms with E-state index in [-0.39, 0.29) is 11.5 Å². The predicted octanol–water partition coefficient (Wildman–Crippen LogP) is 2.56. The zero-order valence-electron chi connectivity index (χ0n) is 16.6. The molecule has 2 N–H and O–H groups in total.